The first-order valence-corrected chi connectivity index (χ1v) is 10.5. The first-order chi connectivity index (χ1) is 14.8. The lowest BCUT2D eigenvalue weighted by Gasteiger charge is -2.39. The largest absolute Gasteiger partial charge is 0.497 e. The Kier molecular flexibility index (Phi) is 5.62. The van der Waals surface area contributed by atoms with Crippen LogP contribution in [-0.4, -0.2) is 66.5 Å². The Balaban J connectivity index is 1.63. The molecule has 1 fully saturated rings. The molecule has 0 bridgehead atoms. The molecule has 2 aliphatic heterocycles. The Morgan fingerprint density at radius 1 is 1.13 bits per heavy atom. The minimum absolute atomic E-state index is 0.529. The number of ether oxygens (including phenoxy) is 2. The van der Waals surface area contributed by atoms with Crippen LogP contribution in [-0.2, 0) is 4.79 Å². The van der Waals surface area contributed by atoms with Gasteiger partial charge in [-0.1, -0.05) is 6.07 Å². The molecule has 1 N–H and O–H groups in total. The van der Waals surface area contributed by atoms with Crippen LogP contribution < -0.4 is 9.47 Å². The van der Waals surface area contributed by atoms with Crippen molar-refractivity contribution < 1.29 is 19.4 Å². The second kappa shape index (κ2) is 8.23. The lowest BCUT2D eigenvalue weighted by Crippen LogP contribution is -2.52. The zero-order chi connectivity index (χ0) is 22.2. The molecule has 0 radical (unpaired) electrons. The second-order valence-electron chi connectivity index (χ2n) is 8.82. The Hall–Kier alpha value is -3.06. The molecule has 7 nitrogen and oxygen atoms in total. The van der Waals surface area contributed by atoms with Crippen LogP contribution >= 0.6 is 0 Å². The van der Waals surface area contributed by atoms with Crippen molar-refractivity contribution in [2.24, 2.45) is 10.4 Å². The number of methoxy groups -OCH3 is 1. The SMILES string of the molecule is COc1ccc2c(c1)N=C(N1CCN(CC(C)(C)C(=O)O)CC1)c1ccc(C)cc1O2. The van der Waals surface area contributed by atoms with Gasteiger partial charge in [-0.2, -0.15) is 0 Å². The topological polar surface area (TPSA) is 74.6 Å². The predicted molar refractivity (Wildman–Crippen MR) is 120 cm³/mol. The number of rotatable bonds is 4. The van der Waals surface area contributed by atoms with Gasteiger partial charge in [0.25, 0.3) is 0 Å². The number of aryl methyl sites for hydroxylation is 1. The number of carboxylic acids is 1. The van der Waals surface area contributed by atoms with Crippen molar-refractivity contribution in [1.82, 2.24) is 9.80 Å². The first-order valence-electron chi connectivity index (χ1n) is 10.5. The fraction of sp³-hybridized carbons (Fsp3) is 0.417. The van der Waals surface area contributed by atoms with E-state index in [1.54, 1.807) is 21.0 Å². The smallest absolute Gasteiger partial charge is 0.310 e. The summed E-state index contributed by atoms with van der Waals surface area (Å²) in [7, 11) is 1.64. The van der Waals surface area contributed by atoms with Crippen LogP contribution in [0.25, 0.3) is 0 Å². The summed E-state index contributed by atoms with van der Waals surface area (Å²) in [5.41, 5.74) is 2.05. The van der Waals surface area contributed by atoms with Gasteiger partial charge in [-0.05, 0) is 50.6 Å². The summed E-state index contributed by atoms with van der Waals surface area (Å²) in [4.78, 5) is 21.0. The van der Waals surface area contributed by atoms with Gasteiger partial charge in [-0.25, -0.2) is 4.99 Å². The summed E-state index contributed by atoms with van der Waals surface area (Å²) in [6.45, 7) is 9.22. The second-order valence-corrected chi connectivity index (χ2v) is 8.82. The van der Waals surface area contributed by atoms with Crippen LogP contribution in [0.15, 0.2) is 41.4 Å². The normalized spacial score (nSPS) is 16.5. The highest BCUT2D eigenvalue weighted by molar-refractivity contribution is 6.04. The lowest BCUT2D eigenvalue weighted by molar-refractivity contribution is -0.148. The maximum atomic E-state index is 11.5. The zero-order valence-corrected chi connectivity index (χ0v) is 18.5. The summed E-state index contributed by atoms with van der Waals surface area (Å²) >= 11 is 0. The first kappa shape index (κ1) is 21.2. The average Bonchev–Trinajstić information content (AvgIpc) is 2.89. The number of fused-ring (bicyclic) bond motifs is 2. The number of aliphatic carboxylic acids is 1. The van der Waals surface area contributed by atoms with E-state index in [2.05, 4.69) is 21.9 Å². The quantitative estimate of drug-likeness (QED) is 0.804. The summed E-state index contributed by atoms with van der Waals surface area (Å²) in [6, 6.07) is 11.8. The van der Waals surface area contributed by atoms with Gasteiger partial charge in [0.15, 0.2) is 5.75 Å². The predicted octanol–water partition coefficient (Wildman–Crippen LogP) is 3.92. The van der Waals surface area contributed by atoms with Gasteiger partial charge in [-0.15, -0.1) is 0 Å². The summed E-state index contributed by atoms with van der Waals surface area (Å²) in [6.07, 6.45) is 0. The van der Waals surface area contributed by atoms with E-state index >= 15 is 0 Å². The fourth-order valence-corrected chi connectivity index (χ4v) is 3.97. The third kappa shape index (κ3) is 4.37. The Morgan fingerprint density at radius 3 is 2.55 bits per heavy atom. The van der Waals surface area contributed by atoms with Crippen LogP contribution in [0.5, 0.6) is 17.2 Å². The van der Waals surface area contributed by atoms with Crippen LogP contribution in [0.4, 0.5) is 5.69 Å². The summed E-state index contributed by atoms with van der Waals surface area (Å²) in [5.74, 6) is 2.32. The number of carboxylic acid groups (broad SMARTS) is 1. The number of hydrogen-bond acceptors (Lipinski definition) is 6. The number of amidine groups is 1. The van der Waals surface area contributed by atoms with Crippen molar-refractivity contribution in [3.63, 3.8) is 0 Å². The monoisotopic (exact) mass is 423 g/mol. The molecule has 0 amide bonds. The van der Waals surface area contributed by atoms with E-state index in [0.717, 1.165) is 60.3 Å². The molecule has 2 aromatic rings. The van der Waals surface area contributed by atoms with Crippen LogP contribution in [0.2, 0.25) is 0 Å². The fourth-order valence-electron chi connectivity index (χ4n) is 3.97. The molecule has 0 aromatic heterocycles. The van der Waals surface area contributed by atoms with E-state index in [1.165, 1.54) is 0 Å². The number of benzene rings is 2. The van der Waals surface area contributed by atoms with Gasteiger partial charge < -0.3 is 19.5 Å². The highest BCUT2D eigenvalue weighted by Gasteiger charge is 2.32. The molecule has 4 rings (SSSR count). The number of nitrogens with zero attached hydrogens (tertiary/aromatic N) is 3. The van der Waals surface area contributed by atoms with Crippen molar-refractivity contribution in [3.05, 3.63) is 47.5 Å². The molecule has 2 aromatic carbocycles. The summed E-state index contributed by atoms with van der Waals surface area (Å²) in [5, 5.41) is 9.45. The molecule has 0 saturated carbocycles. The molecule has 7 heteroatoms. The van der Waals surface area contributed by atoms with E-state index in [4.69, 9.17) is 14.5 Å². The molecule has 0 unspecified atom stereocenters. The number of hydrogen-bond donors (Lipinski definition) is 1. The van der Waals surface area contributed by atoms with E-state index in [1.807, 2.05) is 31.2 Å². The van der Waals surface area contributed by atoms with E-state index in [9.17, 15) is 9.90 Å². The standard InChI is InChI=1S/C24H29N3O4/c1-16-5-7-18-21(13-16)31-20-8-6-17(30-4)14-19(20)25-22(18)27-11-9-26(10-12-27)15-24(2,3)23(28)29/h5-8,13-14H,9-12,15H2,1-4H3,(H,28,29). The molecule has 2 heterocycles. The van der Waals surface area contributed by atoms with Crippen molar-refractivity contribution in [3.8, 4) is 17.2 Å². The lowest BCUT2D eigenvalue weighted by atomic mass is 9.93. The minimum Gasteiger partial charge on any atom is -0.497 e. The summed E-state index contributed by atoms with van der Waals surface area (Å²) < 4.78 is 11.6. The van der Waals surface area contributed by atoms with Gasteiger partial charge in [0.05, 0.1) is 18.1 Å². The maximum Gasteiger partial charge on any atom is 0.310 e. The Labute approximate surface area is 182 Å². The highest BCUT2D eigenvalue weighted by Crippen LogP contribution is 2.40. The van der Waals surface area contributed by atoms with E-state index in [0.29, 0.717) is 12.3 Å². The zero-order valence-electron chi connectivity index (χ0n) is 18.5. The molecular formula is C24H29N3O4. The van der Waals surface area contributed by atoms with E-state index < -0.39 is 11.4 Å². The van der Waals surface area contributed by atoms with Gasteiger partial charge >= 0.3 is 5.97 Å². The van der Waals surface area contributed by atoms with Gasteiger partial charge in [0.1, 0.15) is 23.0 Å². The minimum atomic E-state index is -0.768. The van der Waals surface area contributed by atoms with Crippen molar-refractivity contribution >= 4 is 17.5 Å². The molecule has 2 aliphatic rings. The number of carbonyl (C=O) groups is 1. The molecular weight excluding hydrogens is 394 g/mol. The molecule has 0 atom stereocenters. The number of piperazine rings is 1. The molecule has 0 aliphatic carbocycles. The van der Waals surface area contributed by atoms with Gasteiger partial charge in [0.2, 0.25) is 0 Å². The van der Waals surface area contributed by atoms with Crippen molar-refractivity contribution in [2.75, 3.05) is 39.8 Å². The third-order valence-corrected chi connectivity index (χ3v) is 5.86. The molecule has 0 spiro atoms. The van der Waals surface area contributed by atoms with Gasteiger partial charge in [-0.3, -0.25) is 9.69 Å². The average molecular weight is 424 g/mol. The van der Waals surface area contributed by atoms with Gasteiger partial charge in [0, 0.05) is 38.8 Å². The molecule has 1 saturated heterocycles. The van der Waals surface area contributed by atoms with Crippen LogP contribution in [0, 0.1) is 12.3 Å². The van der Waals surface area contributed by atoms with Crippen molar-refractivity contribution in [2.45, 2.75) is 20.8 Å². The number of aliphatic imine (C=N–C) groups is 1. The van der Waals surface area contributed by atoms with Crippen LogP contribution in [0.3, 0.4) is 0 Å². The molecule has 164 valence electrons. The van der Waals surface area contributed by atoms with Crippen molar-refractivity contribution in [1.29, 1.82) is 0 Å². The Morgan fingerprint density at radius 2 is 1.87 bits per heavy atom. The maximum absolute atomic E-state index is 11.5. The molecule has 31 heavy (non-hydrogen) atoms. The highest BCUT2D eigenvalue weighted by atomic mass is 16.5. The van der Waals surface area contributed by atoms with E-state index in [-0.39, 0.29) is 0 Å². The third-order valence-electron chi connectivity index (χ3n) is 5.86. The Bertz CT molecular complexity index is 1020. The van der Waals surface area contributed by atoms with Crippen LogP contribution in [0.1, 0.15) is 25.0 Å².